The van der Waals surface area contributed by atoms with Gasteiger partial charge in [0.05, 0.1) is 11.8 Å². The molecule has 0 aliphatic heterocycles. The molecule has 150 valence electrons. The maximum atomic E-state index is 12.8. The third-order valence-corrected chi connectivity index (χ3v) is 4.40. The summed E-state index contributed by atoms with van der Waals surface area (Å²) in [5, 5.41) is 13.3. The smallest absolute Gasteiger partial charge is 0.416 e. The Morgan fingerprint density at radius 1 is 1.10 bits per heavy atom. The number of alkyl halides is 3. The lowest BCUT2D eigenvalue weighted by molar-refractivity contribution is -0.137. The molecule has 0 saturated carbocycles. The number of nitrogens with zero attached hydrogens (tertiary/aromatic N) is 2. The summed E-state index contributed by atoms with van der Waals surface area (Å²) in [6.07, 6.45) is -3.09. The normalized spacial score (nSPS) is 11.8. The highest BCUT2D eigenvalue weighted by molar-refractivity contribution is 5.95. The molecule has 3 rings (SSSR count). The van der Waals surface area contributed by atoms with E-state index in [1.165, 1.54) is 18.3 Å². The highest BCUT2D eigenvalue weighted by Gasteiger charge is 2.30. The van der Waals surface area contributed by atoms with E-state index >= 15 is 0 Å². The number of aromatic hydroxyl groups is 1. The average molecular weight is 401 g/mol. The summed E-state index contributed by atoms with van der Waals surface area (Å²) in [4.78, 5) is 12.1. The summed E-state index contributed by atoms with van der Waals surface area (Å²) in [5.74, 6) is -0.574. The van der Waals surface area contributed by atoms with Crippen LogP contribution in [-0.2, 0) is 6.18 Å². The van der Waals surface area contributed by atoms with Crippen molar-refractivity contribution in [2.75, 3.05) is 0 Å². The van der Waals surface area contributed by atoms with Gasteiger partial charge < -0.3 is 9.67 Å². The van der Waals surface area contributed by atoms with Crippen molar-refractivity contribution in [2.24, 2.45) is 5.10 Å². The van der Waals surface area contributed by atoms with Crippen molar-refractivity contribution in [2.45, 2.75) is 20.0 Å². The fourth-order valence-electron chi connectivity index (χ4n) is 2.98. The maximum Gasteiger partial charge on any atom is 0.416 e. The lowest BCUT2D eigenvalue weighted by atomic mass is 10.1. The number of nitrogens with one attached hydrogen (secondary N) is 1. The minimum Gasteiger partial charge on any atom is -0.508 e. The number of amides is 1. The zero-order valence-corrected chi connectivity index (χ0v) is 15.7. The number of aryl methyl sites for hydroxylation is 1. The first-order valence-electron chi connectivity index (χ1n) is 8.66. The average Bonchev–Trinajstić information content (AvgIpc) is 2.95. The minimum absolute atomic E-state index is 0.133. The van der Waals surface area contributed by atoms with Gasteiger partial charge in [-0.3, -0.25) is 4.79 Å². The van der Waals surface area contributed by atoms with Crippen LogP contribution in [0.2, 0.25) is 0 Å². The van der Waals surface area contributed by atoms with Crippen molar-refractivity contribution in [3.05, 3.63) is 82.7 Å². The van der Waals surface area contributed by atoms with Gasteiger partial charge in [0.15, 0.2) is 0 Å². The van der Waals surface area contributed by atoms with E-state index in [0.717, 1.165) is 34.8 Å². The van der Waals surface area contributed by atoms with Gasteiger partial charge in [0, 0.05) is 28.2 Å². The van der Waals surface area contributed by atoms with Crippen LogP contribution in [0.5, 0.6) is 5.75 Å². The number of carbonyl (C=O) groups excluding carboxylic acids is 1. The van der Waals surface area contributed by atoms with E-state index in [9.17, 15) is 23.1 Å². The standard InChI is InChI=1S/C21H18F3N3O2/c1-13-10-16(14(2)27(13)18-6-8-19(28)9-7-18)12-25-26-20(29)15-4-3-5-17(11-15)21(22,23)24/h3-12,28H,1-2H3,(H,26,29)/b25-12-. The number of phenolic OH excluding ortho intramolecular Hbond substituents is 1. The van der Waals surface area contributed by atoms with Gasteiger partial charge in [0.2, 0.25) is 0 Å². The molecular formula is C21H18F3N3O2. The fraction of sp³-hybridized carbons (Fsp3) is 0.143. The zero-order chi connectivity index (χ0) is 21.2. The lowest BCUT2D eigenvalue weighted by Gasteiger charge is -2.09. The summed E-state index contributed by atoms with van der Waals surface area (Å²) in [5.41, 5.74) is 4.58. The van der Waals surface area contributed by atoms with E-state index in [1.54, 1.807) is 24.3 Å². The van der Waals surface area contributed by atoms with Crippen molar-refractivity contribution in [1.29, 1.82) is 0 Å². The third kappa shape index (κ3) is 4.48. The topological polar surface area (TPSA) is 66.6 Å². The molecule has 0 aliphatic carbocycles. The molecule has 0 fully saturated rings. The van der Waals surface area contributed by atoms with E-state index in [1.807, 2.05) is 24.5 Å². The van der Waals surface area contributed by atoms with E-state index in [4.69, 9.17) is 0 Å². The molecule has 1 aromatic heterocycles. The van der Waals surface area contributed by atoms with E-state index in [2.05, 4.69) is 10.5 Å². The number of halogens is 3. The van der Waals surface area contributed by atoms with Gasteiger partial charge in [-0.2, -0.15) is 18.3 Å². The molecule has 0 unspecified atom stereocenters. The van der Waals surface area contributed by atoms with Gasteiger partial charge in [0.1, 0.15) is 5.75 Å². The molecule has 0 radical (unpaired) electrons. The summed E-state index contributed by atoms with van der Waals surface area (Å²) >= 11 is 0. The Labute approximate surface area is 165 Å². The Balaban J connectivity index is 1.77. The van der Waals surface area contributed by atoms with Crippen LogP contribution in [0.15, 0.2) is 59.7 Å². The Morgan fingerprint density at radius 2 is 1.79 bits per heavy atom. The number of rotatable bonds is 4. The van der Waals surface area contributed by atoms with Gasteiger partial charge in [-0.1, -0.05) is 6.07 Å². The van der Waals surface area contributed by atoms with Crippen LogP contribution < -0.4 is 5.43 Å². The van der Waals surface area contributed by atoms with Gasteiger partial charge in [-0.25, -0.2) is 5.43 Å². The molecule has 0 aliphatic rings. The summed E-state index contributed by atoms with van der Waals surface area (Å²) in [7, 11) is 0. The van der Waals surface area contributed by atoms with E-state index in [0.29, 0.717) is 0 Å². The third-order valence-electron chi connectivity index (χ3n) is 4.40. The summed E-state index contributed by atoms with van der Waals surface area (Å²) in [6, 6.07) is 12.7. The number of hydrogen-bond donors (Lipinski definition) is 2. The predicted molar refractivity (Wildman–Crippen MR) is 103 cm³/mol. The van der Waals surface area contributed by atoms with Gasteiger partial charge in [0.25, 0.3) is 5.91 Å². The molecular weight excluding hydrogens is 383 g/mol. The molecule has 1 heterocycles. The molecule has 29 heavy (non-hydrogen) atoms. The molecule has 8 heteroatoms. The van der Waals surface area contributed by atoms with Crippen molar-refractivity contribution in [1.82, 2.24) is 9.99 Å². The quantitative estimate of drug-likeness (QED) is 0.496. The van der Waals surface area contributed by atoms with Crippen LogP contribution in [-0.4, -0.2) is 21.8 Å². The highest BCUT2D eigenvalue weighted by atomic mass is 19.4. The SMILES string of the molecule is Cc1cc(/C=N\NC(=O)c2cccc(C(F)(F)F)c2)c(C)n1-c1ccc(O)cc1. The number of hydrazone groups is 1. The first-order valence-corrected chi connectivity index (χ1v) is 8.66. The second-order valence-electron chi connectivity index (χ2n) is 6.46. The number of phenols is 1. The number of benzene rings is 2. The molecule has 1 amide bonds. The molecule has 0 saturated heterocycles. The van der Waals surface area contributed by atoms with Gasteiger partial charge in [-0.05, 0) is 62.4 Å². The Hall–Kier alpha value is -3.55. The lowest BCUT2D eigenvalue weighted by Crippen LogP contribution is -2.18. The van der Waals surface area contributed by atoms with Crippen LogP contribution in [0, 0.1) is 13.8 Å². The fourth-order valence-corrected chi connectivity index (χ4v) is 2.98. The minimum atomic E-state index is -4.52. The molecule has 3 aromatic rings. The molecule has 0 bridgehead atoms. The maximum absolute atomic E-state index is 12.8. The number of carbonyl (C=O) groups is 1. The van der Waals surface area contributed by atoms with E-state index < -0.39 is 17.6 Å². The van der Waals surface area contributed by atoms with Crippen LogP contribution >= 0.6 is 0 Å². The zero-order valence-electron chi connectivity index (χ0n) is 15.7. The predicted octanol–water partition coefficient (Wildman–Crippen LogP) is 4.58. The number of hydrogen-bond acceptors (Lipinski definition) is 3. The van der Waals surface area contributed by atoms with Crippen molar-refractivity contribution in [3.63, 3.8) is 0 Å². The summed E-state index contributed by atoms with van der Waals surface area (Å²) < 4.78 is 40.3. The largest absolute Gasteiger partial charge is 0.508 e. The molecule has 0 atom stereocenters. The van der Waals surface area contributed by atoms with Gasteiger partial charge >= 0.3 is 6.18 Å². The van der Waals surface area contributed by atoms with Crippen molar-refractivity contribution >= 4 is 12.1 Å². The summed E-state index contributed by atoms with van der Waals surface area (Å²) in [6.45, 7) is 3.77. The highest BCUT2D eigenvalue weighted by Crippen LogP contribution is 2.29. The first kappa shape index (κ1) is 20.2. The molecule has 5 nitrogen and oxygen atoms in total. The Bertz CT molecular complexity index is 1070. The second kappa shape index (κ2) is 7.83. The van der Waals surface area contributed by atoms with Crippen LogP contribution in [0.25, 0.3) is 5.69 Å². The second-order valence-corrected chi connectivity index (χ2v) is 6.46. The van der Waals surface area contributed by atoms with Crippen molar-refractivity contribution in [3.8, 4) is 11.4 Å². The molecule has 2 N–H and O–H groups in total. The van der Waals surface area contributed by atoms with Crippen molar-refractivity contribution < 1.29 is 23.1 Å². The first-order chi connectivity index (χ1) is 13.7. The van der Waals surface area contributed by atoms with Crippen LogP contribution in [0.1, 0.15) is 32.9 Å². The molecule has 0 spiro atoms. The number of aromatic nitrogens is 1. The monoisotopic (exact) mass is 401 g/mol. The van der Waals surface area contributed by atoms with Crippen LogP contribution in [0.3, 0.4) is 0 Å². The Morgan fingerprint density at radius 3 is 2.45 bits per heavy atom. The van der Waals surface area contributed by atoms with Crippen LogP contribution in [0.4, 0.5) is 13.2 Å². The Kier molecular flexibility index (Phi) is 5.45. The molecule has 2 aromatic carbocycles. The van der Waals surface area contributed by atoms with Gasteiger partial charge in [-0.15, -0.1) is 0 Å². The van der Waals surface area contributed by atoms with E-state index in [-0.39, 0.29) is 11.3 Å².